The van der Waals surface area contributed by atoms with E-state index in [-0.39, 0.29) is 27.8 Å². The van der Waals surface area contributed by atoms with Gasteiger partial charge in [0.15, 0.2) is 0 Å². The van der Waals surface area contributed by atoms with E-state index in [1.807, 2.05) is 19.9 Å². The summed E-state index contributed by atoms with van der Waals surface area (Å²) in [4.78, 5) is 0. The number of aliphatic hydroxyl groups is 1. The molecule has 3 nitrogen and oxygen atoms in total. The molecule has 0 atom stereocenters. The van der Waals surface area contributed by atoms with Crippen molar-refractivity contribution in [1.82, 2.24) is 0 Å². The molecule has 0 fully saturated rings. The molecular weight excluding hydrogens is 204 g/mol. The predicted molar refractivity (Wildman–Crippen MR) is 47.7 cm³/mol. The Balaban J connectivity index is 0. The van der Waals surface area contributed by atoms with Gasteiger partial charge in [-0.2, -0.15) is 0 Å². The first-order chi connectivity index (χ1) is 5.52. The summed E-state index contributed by atoms with van der Waals surface area (Å²) in [6, 6.07) is 0. The van der Waals surface area contributed by atoms with Crippen molar-refractivity contribution in [2.45, 2.75) is 33.8 Å². The second-order valence-corrected chi connectivity index (χ2v) is 2.87. The zero-order valence-corrected chi connectivity index (χ0v) is 10.2. The third-order valence-electron chi connectivity index (χ3n) is 0.980. The van der Waals surface area contributed by atoms with E-state index in [0.717, 1.165) is 11.5 Å². The van der Waals surface area contributed by atoms with Crippen LogP contribution in [0.25, 0.3) is 0 Å². The van der Waals surface area contributed by atoms with Crippen LogP contribution < -0.4 is 0 Å². The van der Waals surface area contributed by atoms with Gasteiger partial charge in [-0.1, -0.05) is 0 Å². The molecule has 1 aliphatic heterocycles. The van der Waals surface area contributed by atoms with Gasteiger partial charge < -0.3 is 9.84 Å². The third-order valence-corrected chi connectivity index (χ3v) is 0.980. The fourth-order valence-electron chi connectivity index (χ4n) is 0.585. The molecule has 1 aliphatic rings. The van der Waals surface area contributed by atoms with E-state index in [0.29, 0.717) is 6.79 Å². The molecule has 4 heteroatoms. The van der Waals surface area contributed by atoms with Crippen LogP contribution in [0.1, 0.15) is 27.7 Å². The van der Waals surface area contributed by atoms with E-state index < -0.39 is 0 Å². The summed E-state index contributed by atoms with van der Waals surface area (Å²) in [5.74, 6) is 1.85. The fraction of sp³-hybridized carbons (Fsp3) is 0.667. The number of rotatable bonds is 0. The van der Waals surface area contributed by atoms with Crippen molar-refractivity contribution in [2.24, 2.45) is 0 Å². The Labute approximate surface area is 94.4 Å². The second kappa shape index (κ2) is 8.48. The maximum absolute atomic E-state index is 8.06. The van der Waals surface area contributed by atoms with E-state index in [2.05, 4.69) is 0 Å². The summed E-state index contributed by atoms with van der Waals surface area (Å²) in [6.45, 7) is 7.63. The molecule has 1 rings (SSSR count). The van der Waals surface area contributed by atoms with Crippen molar-refractivity contribution in [3.05, 3.63) is 11.8 Å². The first-order valence-electron chi connectivity index (χ1n) is 3.98. The number of aliphatic hydroxyl groups excluding tert-OH is 1. The van der Waals surface area contributed by atoms with E-state index in [1.165, 1.54) is 0 Å². The molecule has 1 N–H and O–H groups in total. The molecule has 0 radical (unpaired) electrons. The molecular formula is C9H17O3Ti+. The Morgan fingerprint density at radius 3 is 2.15 bits per heavy atom. The molecule has 0 spiro atoms. The molecule has 0 saturated heterocycles. The summed E-state index contributed by atoms with van der Waals surface area (Å²) in [5.41, 5.74) is 0. The van der Waals surface area contributed by atoms with Gasteiger partial charge in [0.05, 0.1) is 13.0 Å². The van der Waals surface area contributed by atoms with Crippen LogP contribution >= 0.6 is 0 Å². The van der Waals surface area contributed by atoms with Crippen molar-refractivity contribution >= 4 is 5.78 Å². The smallest absolute Gasteiger partial charge is 0.411 e. The van der Waals surface area contributed by atoms with E-state index in [1.54, 1.807) is 13.8 Å². The number of hydrogen-bond acceptors (Lipinski definition) is 2. The van der Waals surface area contributed by atoms with Crippen LogP contribution in [-0.4, -0.2) is 23.8 Å². The molecule has 0 aliphatic carbocycles. The normalized spacial score (nSPS) is 14.3. The van der Waals surface area contributed by atoms with Crippen LogP contribution in [0, 0.1) is 0 Å². The quantitative estimate of drug-likeness (QED) is 0.496. The topological polar surface area (TPSA) is 40.8 Å². The Bertz CT molecular complexity index is 183. The van der Waals surface area contributed by atoms with Crippen LogP contribution in [-0.2, 0) is 30.9 Å². The molecule has 0 bridgehead atoms. The first kappa shape index (κ1) is 15.4. The van der Waals surface area contributed by atoms with Crippen molar-refractivity contribution in [3.63, 3.8) is 0 Å². The van der Waals surface area contributed by atoms with Crippen LogP contribution in [0.3, 0.4) is 0 Å². The molecule has 0 aromatic rings. The Kier molecular flexibility index (Phi) is 10.0. The van der Waals surface area contributed by atoms with Crippen molar-refractivity contribution in [2.75, 3.05) is 6.79 Å². The van der Waals surface area contributed by atoms with Gasteiger partial charge in [0, 0.05) is 27.8 Å². The van der Waals surface area contributed by atoms with Crippen LogP contribution in [0.15, 0.2) is 11.8 Å². The standard InChI is InChI=1S/C6H9O2.C3H8O.Ti/c1-5-3-6(2)8-4-7-5;1-3(2)4;/h3H,4H2,1-2H3;3-4H,1-2H3;/q+1;;. The monoisotopic (exact) mass is 221 g/mol. The number of ketones is 1. The van der Waals surface area contributed by atoms with Crippen LogP contribution in [0.5, 0.6) is 0 Å². The van der Waals surface area contributed by atoms with E-state index in [9.17, 15) is 0 Å². The average Bonchev–Trinajstić information content (AvgIpc) is 1.84. The molecule has 0 unspecified atom stereocenters. The third kappa shape index (κ3) is 11.9. The van der Waals surface area contributed by atoms with Crippen molar-refractivity contribution in [1.29, 1.82) is 0 Å². The van der Waals surface area contributed by atoms with Gasteiger partial charge in [0.1, 0.15) is 5.76 Å². The van der Waals surface area contributed by atoms with Gasteiger partial charge in [-0.05, 0) is 20.8 Å². The van der Waals surface area contributed by atoms with Crippen molar-refractivity contribution < 1.29 is 36.0 Å². The molecule has 0 saturated carbocycles. The average molecular weight is 221 g/mol. The van der Waals surface area contributed by atoms with Crippen LogP contribution in [0.2, 0.25) is 0 Å². The first-order valence-corrected chi connectivity index (χ1v) is 3.98. The van der Waals surface area contributed by atoms with E-state index in [4.69, 9.17) is 14.3 Å². The Morgan fingerprint density at radius 2 is 1.92 bits per heavy atom. The Hall–Kier alpha value is -0.116. The summed E-state index contributed by atoms with van der Waals surface area (Å²) < 4.78 is 9.93. The van der Waals surface area contributed by atoms with Gasteiger partial charge >= 0.3 is 12.6 Å². The van der Waals surface area contributed by atoms with Gasteiger partial charge in [-0.25, -0.2) is 4.42 Å². The molecule has 74 valence electrons. The van der Waals surface area contributed by atoms with Crippen molar-refractivity contribution in [3.8, 4) is 0 Å². The minimum Gasteiger partial charge on any atom is -0.418 e. The van der Waals surface area contributed by atoms with Gasteiger partial charge in [0.2, 0.25) is 0 Å². The van der Waals surface area contributed by atoms with Gasteiger partial charge in [0.25, 0.3) is 0 Å². The zero-order valence-electron chi connectivity index (χ0n) is 8.63. The zero-order chi connectivity index (χ0) is 9.56. The largest absolute Gasteiger partial charge is 0.418 e. The fourth-order valence-corrected chi connectivity index (χ4v) is 0.585. The number of allylic oxidation sites excluding steroid dienone is 2. The summed E-state index contributed by atoms with van der Waals surface area (Å²) in [6.07, 6.45) is 1.70. The molecule has 0 aromatic heterocycles. The van der Waals surface area contributed by atoms with E-state index >= 15 is 0 Å². The molecule has 1 heterocycles. The summed E-state index contributed by atoms with van der Waals surface area (Å²) in [7, 11) is 0. The number of carbonyl (C=O) groups excluding carboxylic acids is 1. The maximum Gasteiger partial charge on any atom is 0.411 e. The Morgan fingerprint density at radius 1 is 1.46 bits per heavy atom. The van der Waals surface area contributed by atoms with Crippen LogP contribution in [0.4, 0.5) is 0 Å². The number of hydrogen-bond donors (Lipinski definition) is 1. The minimum absolute atomic E-state index is 0. The summed E-state index contributed by atoms with van der Waals surface area (Å²) in [5, 5.41) is 8.06. The second-order valence-electron chi connectivity index (χ2n) is 2.87. The molecule has 0 aromatic carbocycles. The van der Waals surface area contributed by atoms with Gasteiger partial charge in [-0.3, -0.25) is 0 Å². The SMILES string of the molecule is CC(C)O.CC1=CC(C)=[O+]CO1.[Ti]. The minimum atomic E-state index is -0.167. The molecule has 13 heavy (non-hydrogen) atoms. The number of ether oxygens (including phenoxy) is 1. The predicted octanol–water partition coefficient (Wildman–Crippen LogP) is 1.39. The van der Waals surface area contributed by atoms with Gasteiger partial charge in [-0.15, -0.1) is 0 Å². The summed E-state index contributed by atoms with van der Waals surface area (Å²) >= 11 is 0. The maximum atomic E-state index is 8.06. The molecule has 0 amide bonds.